The van der Waals surface area contributed by atoms with Crippen molar-refractivity contribution < 1.29 is 4.79 Å². The SMILES string of the molecule is CC(C)(NC(=O)[C@H]1[C@@H]2CNC[C@@H]21)c1nc2ccc(Cl)cc2[nH]1. The molecule has 4 rings (SSSR count). The summed E-state index contributed by atoms with van der Waals surface area (Å²) in [5.74, 6) is 2.09. The lowest BCUT2D eigenvalue weighted by Crippen LogP contribution is -2.43. The number of hydrogen-bond acceptors (Lipinski definition) is 3. The van der Waals surface area contributed by atoms with Gasteiger partial charge >= 0.3 is 0 Å². The Hall–Kier alpha value is -1.59. The Morgan fingerprint density at radius 1 is 1.36 bits per heavy atom. The van der Waals surface area contributed by atoms with Crippen LogP contribution in [0.15, 0.2) is 18.2 Å². The van der Waals surface area contributed by atoms with Gasteiger partial charge in [0.25, 0.3) is 0 Å². The zero-order chi connectivity index (χ0) is 15.5. The molecule has 1 aromatic heterocycles. The largest absolute Gasteiger partial charge is 0.344 e. The van der Waals surface area contributed by atoms with Crippen molar-refractivity contribution in [2.45, 2.75) is 19.4 Å². The van der Waals surface area contributed by atoms with Crippen molar-refractivity contribution >= 4 is 28.5 Å². The van der Waals surface area contributed by atoms with Crippen molar-refractivity contribution in [3.05, 3.63) is 29.0 Å². The van der Waals surface area contributed by atoms with Gasteiger partial charge in [-0.25, -0.2) is 4.98 Å². The molecular formula is C16H19ClN4O. The number of hydrogen-bond donors (Lipinski definition) is 3. The van der Waals surface area contributed by atoms with E-state index in [0.717, 1.165) is 29.9 Å². The number of aromatic amines is 1. The summed E-state index contributed by atoms with van der Waals surface area (Å²) in [4.78, 5) is 20.3. The fourth-order valence-corrected chi connectivity index (χ4v) is 3.71. The average molecular weight is 319 g/mol. The minimum absolute atomic E-state index is 0.139. The molecule has 1 aromatic carbocycles. The second-order valence-corrected chi connectivity index (χ2v) is 7.31. The number of carbonyl (C=O) groups excluding carboxylic acids is 1. The van der Waals surface area contributed by atoms with E-state index in [2.05, 4.69) is 20.6 Å². The van der Waals surface area contributed by atoms with E-state index in [1.807, 2.05) is 32.0 Å². The Morgan fingerprint density at radius 2 is 2.09 bits per heavy atom. The molecule has 116 valence electrons. The quantitative estimate of drug-likeness (QED) is 0.811. The van der Waals surface area contributed by atoms with Gasteiger partial charge in [-0.15, -0.1) is 0 Å². The zero-order valence-electron chi connectivity index (χ0n) is 12.6. The van der Waals surface area contributed by atoms with Crippen molar-refractivity contribution in [1.29, 1.82) is 0 Å². The minimum Gasteiger partial charge on any atom is -0.344 e. The lowest BCUT2D eigenvalue weighted by atomic mass is 10.0. The molecule has 0 radical (unpaired) electrons. The number of fused-ring (bicyclic) bond motifs is 2. The van der Waals surface area contributed by atoms with Gasteiger partial charge in [0.1, 0.15) is 5.82 Å². The summed E-state index contributed by atoms with van der Waals surface area (Å²) in [6.07, 6.45) is 0. The van der Waals surface area contributed by atoms with Crippen LogP contribution in [-0.4, -0.2) is 29.0 Å². The molecule has 3 N–H and O–H groups in total. The van der Waals surface area contributed by atoms with Gasteiger partial charge in [-0.3, -0.25) is 4.79 Å². The van der Waals surface area contributed by atoms with E-state index < -0.39 is 5.54 Å². The van der Waals surface area contributed by atoms with E-state index in [4.69, 9.17) is 11.6 Å². The summed E-state index contributed by atoms with van der Waals surface area (Å²) in [5, 5.41) is 7.13. The molecule has 1 aliphatic carbocycles. The zero-order valence-corrected chi connectivity index (χ0v) is 13.4. The van der Waals surface area contributed by atoms with Crippen molar-refractivity contribution in [3.63, 3.8) is 0 Å². The first-order valence-electron chi connectivity index (χ1n) is 7.64. The molecule has 6 heteroatoms. The van der Waals surface area contributed by atoms with Crippen molar-refractivity contribution in [1.82, 2.24) is 20.6 Å². The molecule has 1 amide bonds. The number of halogens is 1. The van der Waals surface area contributed by atoms with Crippen LogP contribution >= 0.6 is 11.6 Å². The first kappa shape index (κ1) is 14.0. The van der Waals surface area contributed by atoms with E-state index >= 15 is 0 Å². The maximum absolute atomic E-state index is 12.5. The molecule has 22 heavy (non-hydrogen) atoms. The molecule has 1 saturated heterocycles. The van der Waals surface area contributed by atoms with E-state index in [1.54, 1.807) is 0 Å². The highest BCUT2D eigenvalue weighted by molar-refractivity contribution is 6.31. The summed E-state index contributed by atoms with van der Waals surface area (Å²) >= 11 is 6.01. The predicted octanol–water partition coefficient (Wildman–Crippen LogP) is 2.03. The second kappa shape index (κ2) is 4.70. The van der Waals surface area contributed by atoms with Gasteiger partial charge in [-0.1, -0.05) is 11.6 Å². The Bertz CT molecular complexity index is 744. The smallest absolute Gasteiger partial charge is 0.224 e. The number of imidazole rings is 1. The molecule has 2 heterocycles. The third kappa shape index (κ3) is 2.20. The molecule has 0 bridgehead atoms. The van der Waals surface area contributed by atoms with Crippen LogP contribution in [0.2, 0.25) is 5.02 Å². The number of piperidine rings is 1. The molecule has 5 nitrogen and oxygen atoms in total. The van der Waals surface area contributed by atoms with Crippen LogP contribution in [0.3, 0.4) is 0 Å². The molecule has 0 spiro atoms. The number of aromatic nitrogens is 2. The summed E-state index contributed by atoms with van der Waals surface area (Å²) in [7, 11) is 0. The van der Waals surface area contributed by atoms with Gasteiger partial charge in [-0.05, 0) is 57.0 Å². The molecule has 0 unspecified atom stereocenters. The standard InChI is InChI=1S/C16H19ClN4O/c1-16(2,21-14(22)13-9-6-18-7-10(9)13)15-19-11-4-3-8(17)5-12(11)20-15/h3-5,9-10,13,18H,6-7H2,1-2H3,(H,19,20)(H,21,22)/t9-,10+,13+. The van der Waals surface area contributed by atoms with Crippen molar-refractivity contribution in [2.24, 2.45) is 17.8 Å². The lowest BCUT2D eigenvalue weighted by molar-refractivity contribution is -0.124. The van der Waals surface area contributed by atoms with Gasteiger partial charge in [0.05, 0.1) is 16.6 Å². The van der Waals surface area contributed by atoms with Crippen LogP contribution in [0.4, 0.5) is 0 Å². The van der Waals surface area contributed by atoms with Crippen LogP contribution in [0.1, 0.15) is 19.7 Å². The van der Waals surface area contributed by atoms with Gasteiger partial charge in [0, 0.05) is 10.9 Å². The van der Waals surface area contributed by atoms with Gasteiger partial charge in [0.2, 0.25) is 5.91 Å². The Labute approximate surface area is 133 Å². The van der Waals surface area contributed by atoms with E-state index in [0.29, 0.717) is 16.9 Å². The van der Waals surface area contributed by atoms with E-state index in [9.17, 15) is 4.79 Å². The number of carbonyl (C=O) groups is 1. The minimum atomic E-state index is -0.535. The average Bonchev–Trinajstić information content (AvgIpc) is 2.83. The number of H-pyrrole nitrogens is 1. The van der Waals surface area contributed by atoms with E-state index in [-0.39, 0.29) is 11.8 Å². The molecule has 1 saturated carbocycles. The fourth-order valence-electron chi connectivity index (χ4n) is 3.54. The maximum atomic E-state index is 12.5. The number of rotatable bonds is 3. The van der Waals surface area contributed by atoms with Crippen LogP contribution in [0.25, 0.3) is 11.0 Å². The summed E-state index contributed by atoms with van der Waals surface area (Å²) in [5.41, 5.74) is 1.21. The molecule has 2 fully saturated rings. The number of benzene rings is 1. The Balaban J connectivity index is 1.55. The topological polar surface area (TPSA) is 69.8 Å². The first-order chi connectivity index (χ1) is 10.5. The summed E-state index contributed by atoms with van der Waals surface area (Å²) in [6.45, 7) is 5.87. The predicted molar refractivity (Wildman–Crippen MR) is 85.6 cm³/mol. The summed E-state index contributed by atoms with van der Waals surface area (Å²) < 4.78 is 0. The normalized spacial score (nSPS) is 27.0. The third-order valence-corrected chi connectivity index (χ3v) is 5.10. The number of nitrogens with zero attached hydrogens (tertiary/aromatic N) is 1. The highest BCUT2D eigenvalue weighted by Gasteiger charge is 2.57. The maximum Gasteiger partial charge on any atom is 0.224 e. The van der Waals surface area contributed by atoms with Gasteiger partial charge in [-0.2, -0.15) is 0 Å². The monoisotopic (exact) mass is 318 g/mol. The number of amides is 1. The molecule has 2 aliphatic rings. The molecular weight excluding hydrogens is 300 g/mol. The number of nitrogens with one attached hydrogen (secondary N) is 3. The first-order valence-corrected chi connectivity index (χ1v) is 8.02. The molecule has 3 atom stereocenters. The fraction of sp³-hybridized carbons (Fsp3) is 0.500. The molecule has 1 aliphatic heterocycles. The Morgan fingerprint density at radius 3 is 2.82 bits per heavy atom. The van der Waals surface area contributed by atoms with Crippen LogP contribution in [0, 0.1) is 17.8 Å². The Kier molecular flexibility index (Phi) is 3.00. The molecule has 2 aromatic rings. The van der Waals surface area contributed by atoms with Crippen LogP contribution < -0.4 is 10.6 Å². The van der Waals surface area contributed by atoms with Crippen LogP contribution in [0.5, 0.6) is 0 Å². The highest BCUT2D eigenvalue weighted by Crippen LogP contribution is 2.49. The second-order valence-electron chi connectivity index (χ2n) is 6.87. The van der Waals surface area contributed by atoms with Gasteiger partial charge < -0.3 is 15.6 Å². The highest BCUT2D eigenvalue weighted by atomic mass is 35.5. The third-order valence-electron chi connectivity index (χ3n) is 4.87. The van der Waals surface area contributed by atoms with E-state index in [1.165, 1.54) is 0 Å². The lowest BCUT2D eigenvalue weighted by Gasteiger charge is -2.24. The summed E-state index contributed by atoms with van der Waals surface area (Å²) in [6, 6.07) is 5.55. The van der Waals surface area contributed by atoms with Crippen LogP contribution in [-0.2, 0) is 10.3 Å². The van der Waals surface area contributed by atoms with Gasteiger partial charge in [0.15, 0.2) is 0 Å². The van der Waals surface area contributed by atoms with Crippen molar-refractivity contribution in [3.8, 4) is 0 Å². The van der Waals surface area contributed by atoms with Crippen molar-refractivity contribution in [2.75, 3.05) is 13.1 Å².